The largest absolute Gasteiger partial charge is 0.507 e. The number of aliphatic hydroxyl groups excluding tert-OH is 1. The highest BCUT2D eigenvalue weighted by molar-refractivity contribution is 9.10. The van der Waals surface area contributed by atoms with Gasteiger partial charge in [-0.25, -0.2) is 0 Å². The lowest BCUT2D eigenvalue weighted by molar-refractivity contribution is -0.384. The number of aromatic amines is 1. The number of nitro groups is 1. The summed E-state index contributed by atoms with van der Waals surface area (Å²) in [5, 5.41) is 23.3. The molecule has 1 fully saturated rings. The van der Waals surface area contributed by atoms with Crippen LogP contribution in [0.1, 0.15) is 22.7 Å². The first kappa shape index (κ1) is 23.5. The third kappa shape index (κ3) is 4.18. The van der Waals surface area contributed by atoms with Crippen molar-refractivity contribution in [2.24, 2.45) is 0 Å². The number of aliphatic hydroxyl groups is 1. The minimum absolute atomic E-state index is 0.0462. The summed E-state index contributed by atoms with van der Waals surface area (Å²) < 4.78 is 0.796. The second-order valence-corrected chi connectivity index (χ2v) is 9.37. The number of halogens is 1. The summed E-state index contributed by atoms with van der Waals surface area (Å²) in [7, 11) is 0. The molecule has 1 aliphatic rings. The van der Waals surface area contributed by atoms with Crippen LogP contribution in [0.3, 0.4) is 0 Å². The van der Waals surface area contributed by atoms with E-state index in [1.54, 1.807) is 24.3 Å². The molecule has 4 aromatic rings. The fraction of sp³-hybridized carbons (Fsp3) is 0.111. The number of para-hydroxylation sites is 1. The number of nitrogens with one attached hydrogen (secondary N) is 1. The van der Waals surface area contributed by atoms with Crippen LogP contribution in [0, 0.1) is 10.1 Å². The van der Waals surface area contributed by atoms with E-state index in [1.165, 1.54) is 29.2 Å². The number of carbonyl (C=O) groups is 2. The number of benzene rings is 3. The summed E-state index contributed by atoms with van der Waals surface area (Å²) in [6, 6.07) is 19.3. The molecule has 180 valence electrons. The van der Waals surface area contributed by atoms with Gasteiger partial charge in [-0.15, -0.1) is 0 Å². The van der Waals surface area contributed by atoms with E-state index < -0.39 is 22.7 Å². The molecule has 1 atom stereocenters. The number of amides is 1. The smallest absolute Gasteiger partial charge is 0.295 e. The Labute approximate surface area is 214 Å². The molecule has 36 heavy (non-hydrogen) atoms. The number of nitrogens with zero attached hydrogens (tertiary/aromatic N) is 2. The lowest BCUT2D eigenvalue weighted by Crippen LogP contribution is -2.31. The second kappa shape index (κ2) is 9.43. The van der Waals surface area contributed by atoms with Gasteiger partial charge in [-0.2, -0.15) is 0 Å². The molecular weight excluding hydrogens is 526 g/mol. The molecule has 9 heteroatoms. The molecule has 1 aromatic heterocycles. The van der Waals surface area contributed by atoms with E-state index >= 15 is 0 Å². The van der Waals surface area contributed by atoms with Gasteiger partial charge in [0, 0.05) is 45.8 Å². The minimum atomic E-state index is -0.889. The molecule has 8 nitrogen and oxygen atoms in total. The van der Waals surface area contributed by atoms with Crippen molar-refractivity contribution in [1.82, 2.24) is 9.88 Å². The SMILES string of the molecule is O=C1C(=O)N(CCc2c[nH]c3ccccc23)[C@@H](c2ccc([N+](=O)[O-])cc2)C1=C(O)c1ccc(Br)cc1. The Balaban J connectivity index is 1.57. The molecule has 1 saturated heterocycles. The van der Waals surface area contributed by atoms with Gasteiger partial charge in [0.15, 0.2) is 0 Å². The number of aromatic nitrogens is 1. The van der Waals surface area contributed by atoms with Gasteiger partial charge < -0.3 is 15.0 Å². The maximum atomic E-state index is 13.2. The van der Waals surface area contributed by atoms with Crippen LogP contribution in [-0.2, 0) is 16.0 Å². The molecule has 0 aliphatic carbocycles. The summed E-state index contributed by atoms with van der Waals surface area (Å²) in [6.45, 7) is 0.213. The summed E-state index contributed by atoms with van der Waals surface area (Å²) >= 11 is 3.35. The van der Waals surface area contributed by atoms with Crippen LogP contribution in [0.25, 0.3) is 16.7 Å². The van der Waals surface area contributed by atoms with Crippen molar-refractivity contribution in [3.05, 3.63) is 116 Å². The molecule has 0 bridgehead atoms. The summed E-state index contributed by atoms with van der Waals surface area (Å²) in [6.07, 6.45) is 2.35. The first-order chi connectivity index (χ1) is 17.3. The van der Waals surface area contributed by atoms with E-state index in [0.29, 0.717) is 17.5 Å². The van der Waals surface area contributed by atoms with Crippen molar-refractivity contribution < 1.29 is 19.6 Å². The Hall–Kier alpha value is -4.24. The molecule has 2 heterocycles. The van der Waals surface area contributed by atoms with Crippen LogP contribution in [0.5, 0.6) is 0 Å². The fourth-order valence-electron chi connectivity index (χ4n) is 4.58. The van der Waals surface area contributed by atoms with E-state index in [9.17, 15) is 24.8 Å². The van der Waals surface area contributed by atoms with Crippen molar-refractivity contribution in [3.8, 4) is 0 Å². The van der Waals surface area contributed by atoms with E-state index in [4.69, 9.17) is 0 Å². The zero-order valence-electron chi connectivity index (χ0n) is 18.8. The molecular formula is C27H20BrN3O5. The Morgan fingerprint density at radius 3 is 2.42 bits per heavy atom. The average molecular weight is 546 g/mol. The van der Waals surface area contributed by atoms with Gasteiger partial charge in [-0.05, 0) is 47.9 Å². The molecule has 0 radical (unpaired) electrons. The number of non-ortho nitro benzene ring substituents is 1. The highest BCUT2D eigenvalue weighted by Crippen LogP contribution is 2.40. The van der Waals surface area contributed by atoms with Gasteiger partial charge in [0.25, 0.3) is 17.4 Å². The number of hydrogen-bond donors (Lipinski definition) is 2. The molecule has 0 unspecified atom stereocenters. The normalized spacial score (nSPS) is 17.1. The first-order valence-corrected chi connectivity index (χ1v) is 12.0. The van der Waals surface area contributed by atoms with Crippen LogP contribution in [0.4, 0.5) is 5.69 Å². The van der Waals surface area contributed by atoms with Crippen LogP contribution >= 0.6 is 15.9 Å². The number of fused-ring (bicyclic) bond motifs is 1. The molecule has 0 spiro atoms. The number of carbonyl (C=O) groups excluding carboxylic acids is 2. The van der Waals surface area contributed by atoms with Crippen molar-refractivity contribution in [1.29, 1.82) is 0 Å². The number of likely N-dealkylation sites (tertiary alicyclic amines) is 1. The Kier molecular flexibility index (Phi) is 6.15. The zero-order chi connectivity index (χ0) is 25.4. The third-order valence-corrected chi connectivity index (χ3v) is 6.90. The van der Waals surface area contributed by atoms with Gasteiger partial charge in [-0.3, -0.25) is 19.7 Å². The summed E-state index contributed by atoms with van der Waals surface area (Å²) in [4.78, 5) is 41.7. The van der Waals surface area contributed by atoms with Gasteiger partial charge in [0.05, 0.1) is 16.5 Å². The van der Waals surface area contributed by atoms with E-state index in [-0.39, 0.29) is 23.6 Å². The molecule has 2 N–H and O–H groups in total. The van der Waals surface area contributed by atoms with Gasteiger partial charge in [-0.1, -0.05) is 46.3 Å². The second-order valence-electron chi connectivity index (χ2n) is 8.46. The van der Waals surface area contributed by atoms with Gasteiger partial charge in [0.1, 0.15) is 5.76 Å². The standard InChI is InChI=1S/C27H20BrN3O5/c28-19-9-5-17(6-10-19)25(32)23-24(16-7-11-20(12-8-16)31(35)36)30(27(34)26(23)33)14-13-18-15-29-22-4-2-1-3-21(18)22/h1-12,15,24,29,32H,13-14H2/t24-/m0/s1. The topological polar surface area (TPSA) is 117 Å². The lowest BCUT2D eigenvalue weighted by atomic mass is 9.95. The number of Topliss-reactive ketones (excluding diaryl/α,β-unsaturated/α-hetero) is 1. The maximum absolute atomic E-state index is 13.2. The van der Waals surface area contributed by atoms with Crippen LogP contribution in [0.15, 0.2) is 89.0 Å². The molecule has 0 saturated carbocycles. The third-order valence-electron chi connectivity index (χ3n) is 6.37. The highest BCUT2D eigenvalue weighted by atomic mass is 79.9. The zero-order valence-corrected chi connectivity index (χ0v) is 20.4. The predicted molar refractivity (Wildman–Crippen MR) is 138 cm³/mol. The van der Waals surface area contributed by atoms with Gasteiger partial charge >= 0.3 is 0 Å². The van der Waals surface area contributed by atoms with E-state index in [0.717, 1.165) is 20.9 Å². The molecule has 5 rings (SSSR count). The van der Waals surface area contributed by atoms with Crippen molar-refractivity contribution in [3.63, 3.8) is 0 Å². The molecule has 1 amide bonds. The number of H-pyrrole nitrogens is 1. The number of ketones is 1. The maximum Gasteiger partial charge on any atom is 0.295 e. The lowest BCUT2D eigenvalue weighted by Gasteiger charge is -2.25. The van der Waals surface area contributed by atoms with E-state index in [1.807, 2.05) is 30.5 Å². The summed E-state index contributed by atoms with van der Waals surface area (Å²) in [5.74, 6) is -1.81. The number of nitro benzene ring substituents is 1. The van der Waals surface area contributed by atoms with Crippen LogP contribution < -0.4 is 0 Å². The van der Waals surface area contributed by atoms with Crippen LogP contribution in [-0.4, -0.2) is 38.1 Å². The number of rotatable bonds is 6. The van der Waals surface area contributed by atoms with Crippen LogP contribution in [0.2, 0.25) is 0 Å². The minimum Gasteiger partial charge on any atom is -0.507 e. The first-order valence-electron chi connectivity index (χ1n) is 11.2. The monoisotopic (exact) mass is 545 g/mol. The van der Waals surface area contributed by atoms with Crippen molar-refractivity contribution >= 4 is 50.0 Å². The van der Waals surface area contributed by atoms with Crippen molar-refractivity contribution in [2.75, 3.05) is 6.54 Å². The molecule has 3 aromatic carbocycles. The molecule has 1 aliphatic heterocycles. The fourth-order valence-corrected chi connectivity index (χ4v) is 4.84. The highest BCUT2D eigenvalue weighted by Gasteiger charge is 2.46. The van der Waals surface area contributed by atoms with Gasteiger partial charge in [0.2, 0.25) is 0 Å². The van der Waals surface area contributed by atoms with E-state index in [2.05, 4.69) is 20.9 Å². The average Bonchev–Trinajstić information content (AvgIpc) is 3.41. The predicted octanol–water partition coefficient (Wildman–Crippen LogP) is 5.50. The summed E-state index contributed by atoms with van der Waals surface area (Å²) in [5.41, 5.74) is 2.69. The Morgan fingerprint density at radius 1 is 1.03 bits per heavy atom. The number of hydrogen-bond acceptors (Lipinski definition) is 5. The Morgan fingerprint density at radius 2 is 1.72 bits per heavy atom. The van der Waals surface area contributed by atoms with Crippen molar-refractivity contribution in [2.45, 2.75) is 12.5 Å². The quantitative estimate of drug-likeness (QED) is 0.109. The Bertz CT molecular complexity index is 1520.